The van der Waals surface area contributed by atoms with Crippen LogP contribution in [0.4, 0.5) is 0 Å². The highest BCUT2D eigenvalue weighted by atomic mass is 16.3. The first-order valence-electron chi connectivity index (χ1n) is 6.54. The van der Waals surface area contributed by atoms with E-state index in [4.69, 9.17) is 0 Å². The quantitative estimate of drug-likeness (QED) is 0.823. The summed E-state index contributed by atoms with van der Waals surface area (Å²) in [5.74, 6) is 0.236. The van der Waals surface area contributed by atoms with Crippen molar-refractivity contribution in [2.45, 2.75) is 57.8 Å². The van der Waals surface area contributed by atoms with Gasteiger partial charge < -0.3 is 5.11 Å². The number of hydrogen-bond donors (Lipinski definition) is 1. The average Bonchev–Trinajstić information content (AvgIpc) is 2.43. The fourth-order valence-corrected chi connectivity index (χ4v) is 3.42. The van der Waals surface area contributed by atoms with Crippen molar-refractivity contribution in [3.63, 3.8) is 0 Å². The van der Waals surface area contributed by atoms with Gasteiger partial charge in [-0.1, -0.05) is 52.8 Å². The van der Waals surface area contributed by atoms with Gasteiger partial charge in [-0.2, -0.15) is 0 Å². The lowest BCUT2D eigenvalue weighted by atomic mass is 9.82. The molecule has 1 unspecified atom stereocenters. The maximum Gasteiger partial charge on any atom is 0.0497 e. The maximum atomic E-state index is 9.27. The molecule has 0 saturated heterocycles. The third-order valence-electron chi connectivity index (χ3n) is 4.23. The molecule has 1 aliphatic rings. The van der Waals surface area contributed by atoms with E-state index in [9.17, 15) is 5.11 Å². The van der Waals surface area contributed by atoms with Gasteiger partial charge in [-0.3, -0.25) is 0 Å². The standard InChI is InChI=1S/C16H24O/c1-11(9-17)12-6-7-13-14(8-12)16(4,5)10-15(13,2)3/h6-8,11,17H,9-10H2,1-5H3. The smallest absolute Gasteiger partial charge is 0.0497 e. The molecule has 0 spiro atoms. The zero-order chi connectivity index (χ0) is 12.8. The molecule has 0 radical (unpaired) electrons. The fourth-order valence-electron chi connectivity index (χ4n) is 3.42. The summed E-state index contributed by atoms with van der Waals surface area (Å²) < 4.78 is 0. The summed E-state index contributed by atoms with van der Waals surface area (Å²) in [7, 11) is 0. The summed E-state index contributed by atoms with van der Waals surface area (Å²) in [5.41, 5.74) is 4.75. The molecule has 0 bridgehead atoms. The van der Waals surface area contributed by atoms with Crippen LogP contribution in [0.5, 0.6) is 0 Å². The number of rotatable bonds is 2. The van der Waals surface area contributed by atoms with Gasteiger partial charge in [0.25, 0.3) is 0 Å². The number of aliphatic hydroxyl groups is 1. The maximum absolute atomic E-state index is 9.27. The zero-order valence-corrected chi connectivity index (χ0v) is 11.7. The van der Waals surface area contributed by atoms with Gasteiger partial charge in [-0.05, 0) is 33.9 Å². The molecular weight excluding hydrogens is 208 g/mol. The molecule has 0 fully saturated rings. The van der Waals surface area contributed by atoms with Crippen LogP contribution in [-0.2, 0) is 10.8 Å². The van der Waals surface area contributed by atoms with Crippen LogP contribution in [0.3, 0.4) is 0 Å². The molecule has 0 saturated carbocycles. The minimum atomic E-state index is 0.225. The molecule has 1 N–H and O–H groups in total. The predicted molar refractivity (Wildman–Crippen MR) is 72.6 cm³/mol. The Kier molecular flexibility index (Phi) is 2.86. The summed E-state index contributed by atoms with van der Waals surface area (Å²) in [6.45, 7) is 11.6. The molecule has 0 aliphatic heterocycles. The highest BCUT2D eigenvalue weighted by Gasteiger charge is 2.41. The Labute approximate surface area is 105 Å². The van der Waals surface area contributed by atoms with E-state index < -0.39 is 0 Å². The first-order chi connectivity index (χ1) is 7.78. The lowest BCUT2D eigenvalue weighted by Gasteiger charge is -2.22. The molecule has 1 nitrogen and oxygen atoms in total. The Morgan fingerprint density at radius 1 is 1.12 bits per heavy atom. The zero-order valence-electron chi connectivity index (χ0n) is 11.7. The number of benzene rings is 1. The summed E-state index contributed by atoms with van der Waals surface area (Å²) >= 11 is 0. The molecule has 2 rings (SSSR count). The molecule has 0 heterocycles. The van der Waals surface area contributed by atoms with E-state index >= 15 is 0 Å². The minimum Gasteiger partial charge on any atom is -0.396 e. The van der Waals surface area contributed by atoms with Crippen LogP contribution in [0.1, 0.15) is 63.6 Å². The van der Waals surface area contributed by atoms with Crippen molar-refractivity contribution in [2.24, 2.45) is 0 Å². The molecule has 17 heavy (non-hydrogen) atoms. The topological polar surface area (TPSA) is 20.2 Å². The molecule has 94 valence electrons. The van der Waals surface area contributed by atoms with Crippen LogP contribution >= 0.6 is 0 Å². The lowest BCUT2D eigenvalue weighted by molar-refractivity contribution is 0.273. The Balaban J connectivity index is 2.53. The summed E-state index contributed by atoms with van der Waals surface area (Å²) in [6.07, 6.45) is 1.20. The van der Waals surface area contributed by atoms with Gasteiger partial charge in [0.1, 0.15) is 0 Å². The van der Waals surface area contributed by atoms with Crippen LogP contribution in [0.25, 0.3) is 0 Å². The third-order valence-corrected chi connectivity index (χ3v) is 4.23. The molecular formula is C16H24O. The molecule has 1 aliphatic carbocycles. The van der Waals surface area contributed by atoms with Crippen molar-refractivity contribution in [2.75, 3.05) is 6.61 Å². The largest absolute Gasteiger partial charge is 0.396 e. The van der Waals surface area contributed by atoms with Crippen molar-refractivity contribution < 1.29 is 5.11 Å². The molecule has 1 heteroatoms. The van der Waals surface area contributed by atoms with Crippen LogP contribution < -0.4 is 0 Å². The van der Waals surface area contributed by atoms with Crippen molar-refractivity contribution in [1.82, 2.24) is 0 Å². The van der Waals surface area contributed by atoms with Gasteiger partial charge in [-0.25, -0.2) is 0 Å². The second-order valence-electron chi connectivity index (χ2n) is 6.83. The van der Waals surface area contributed by atoms with Gasteiger partial charge in [0.15, 0.2) is 0 Å². The van der Waals surface area contributed by atoms with Crippen LogP contribution in [0.2, 0.25) is 0 Å². The normalized spacial score (nSPS) is 22.2. The van der Waals surface area contributed by atoms with Gasteiger partial charge >= 0.3 is 0 Å². The summed E-state index contributed by atoms with van der Waals surface area (Å²) in [4.78, 5) is 0. The predicted octanol–water partition coefficient (Wildman–Crippen LogP) is 3.74. The minimum absolute atomic E-state index is 0.225. The molecule has 1 atom stereocenters. The van der Waals surface area contributed by atoms with E-state index in [2.05, 4.69) is 52.8 Å². The average molecular weight is 232 g/mol. The number of hydrogen-bond acceptors (Lipinski definition) is 1. The first kappa shape index (κ1) is 12.6. The van der Waals surface area contributed by atoms with E-state index in [-0.39, 0.29) is 23.4 Å². The van der Waals surface area contributed by atoms with Crippen molar-refractivity contribution in [3.8, 4) is 0 Å². The Morgan fingerprint density at radius 3 is 2.29 bits per heavy atom. The second-order valence-corrected chi connectivity index (χ2v) is 6.83. The van der Waals surface area contributed by atoms with Crippen molar-refractivity contribution in [3.05, 3.63) is 34.9 Å². The Hall–Kier alpha value is -0.820. The Morgan fingerprint density at radius 2 is 1.71 bits per heavy atom. The lowest BCUT2D eigenvalue weighted by Crippen LogP contribution is -2.18. The third kappa shape index (κ3) is 2.01. The van der Waals surface area contributed by atoms with E-state index in [1.165, 1.54) is 23.1 Å². The molecule has 0 aromatic heterocycles. The molecule has 1 aromatic rings. The molecule has 0 amide bonds. The van der Waals surface area contributed by atoms with Crippen molar-refractivity contribution >= 4 is 0 Å². The van der Waals surface area contributed by atoms with E-state index in [0.29, 0.717) is 0 Å². The van der Waals surface area contributed by atoms with Gasteiger partial charge in [0.05, 0.1) is 0 Å². The summed E-state index contributed by atoms with van der Waals surface area (Å²) in [5, 5.41) is 9.27. The highest BCUT2D eigenvalue weighted by molar-refractivity contribution is 5.47. The van der Waals surface area contributed by atoms with Gasteiger partial charge in [0.2, 0.25) is 0 Å². The first-order valence-corrected chi connectivity index (χ1v) is 6.54. The summed E-state index contributed by atoms with van der Waals surface area (Å²) in [6, 6.07) is 6.76. The van der Waals surface area contributed by atoms with Gasteiger partial charge in [-0.15, -0.1) is 0 Å². The fraction of sp³-hybridized carbons (Fsp3) is 0.625. The van der Waals surface area contributed by atoms with Crippen LogP contribution in [0.15, 0.2) is 18.2 Å². The molecule has 1 aromatic carbocycles. The van der Waals surface area contributed by atoms with Crippen molar-refractivity contribution in [1.29, 1.82) is 0 Å². The van der Waals surface area contributed by atoms with Crippen LogP contribution in [-0.4, -0.2) is 11.7 Å². The SMILES string of the molecule is CC(CO)c1ccc2c(c1)C(C)(C)CC2(C)C. The van der Waals surface area contributed by atoms with E-state index in [0.717, 1.165) is 0 Å². The van der Waals surface area contributed by atoms with Crippen LogP contribution in [0, 0.1) is 0 Å². The van der Waals surface area contributed by atoms with E-state index in [1.807, 2.05) is 0 Å². The monoisotopic (exact) mass is 232 g/mol. The number of fused-ring (bicyclic) bond motifs is 1. The second kappa shape index (κ2) is 3.84. The van der Waals surface area contributed by atoms with E-state index in [1.54, 1.807) is 0 Å². The number of aliphatic hydroxyl groups excluding tert-OH is 1. The highest BCUT2D eigenvalue weighted by Crippen LogP contribution is 2.49. The van der Waals surface area contributed by atoms with Gasteiger partial charge in [0, 0.05) is 12.5 Å². The Bertz CT molecular complexity index is 429.